The second-order valence-corrected chi connectivity index (χ2v) is 7.29. The average Bonchev–Trinajstić information content (AvgIpc) is 2.45. The van der Waals surface area contributed by atoms with E-state index in [4.69, 9.17) is 0 Å². The molecular weight excluding hydrogens is 298 g/mol. The first-order chi connectivity index (χ1) is 9.88. The third-order valence-electron chi connectivity index (χ3n) is 3.69. The van der Waals surface area contributed by atoms with Crippen molar-refractivity contribution in [3.8, 4) is 0 Å². The first-order valence-corrected chi connectivity index (χ1v) is 8.80. The van der Waals surface area contributed by atoms with Crippen LogP contribution < -0.4 is 5.32 Å². The van der Waals surface area contributed by atoms with Gasteiger partial charge in [-0.05, 0) is 17.7 Å². The molecule has 0 aromatic heterocycles. The van der Waals surface area contributed by atoms with E-state index in [0.717, 1.165) is 24.9 Å². The number of halogens is 2. The number of piperazine rings is 1. The fourth-order valence-electron chi connectivity index (χ4n) is 2.60. The maximum Gasteiger partial charge on any atom is 0.240 e. The number of hydrogen-bond donors (Lipinski definition) is 1. The summed E-state index contributed by atoms with van der Waals surface area (Å²) >= 11 is 0. The average molecular weight is 318 g/mol. The molecule has 0 radical (unpaired) electrons. The molecule has 0 aliphatic carbocycles. The van der Waals surface area contributed by atoms with E-state index in [1.54, 1.807) is 12.1 Å². The summed E-state index contributed by atoms with van der Waals surface area (Å²) in [6, 6.07) is 5.90. The Labute approximate surface area is 124 Å². The molecule has 0 amide bonds. The summed E-state index contributed by atoms with van der Waals surface area (Å²) in [7, 11) is -3.26. The highest BCUT2D eigenvalue weighted by molar-refractivity contribution is 7.90. The molecule has 1 N–H and O–H groups in total. The van der Waals surface area contributed by atoms with Crippen molar-refractivity contribution >= 4 is 9.84 Å². The van der Waals surface area contributed by atoms with Gasteiger partial charge in [-0.1, -0.05) is 12.1 Å². The van der Waals surface area contributed by atoms with Crippen molar-refractivity contribution in [3.63, 3.8) is 0 Å². The van der Waals surface area contributed by atoms with E-state index in [2.05, 4.69) is 5.32 Å². The van der Waals surface area contributed by atoms with Crippen LogP contribution in [0.3, 0.4) is 0 Å². The highest BCUT2D eigenvalue weighted by atomic mass is 32.2. The van der Waals surface area contributed by atoms with Crippen LogP contribution in [0.25, 0.3) is 0 Å². The zero-order valence-electron chi connectivity index (χ0n) is 11.9. The molecule has 0 bridgehead atoms. The van der Waals surface area contributed by atoms with E-state index >= 15 is 0 Å². The van der Waals surface area contributed by atoms with Crippen molar-refractivity contribution in [2.75, 3.05) is 32.4 Å². The molecule has 1 aliphatic rings. The molecule has 0 saturated carbocycles. The monoisotopic (exact) mass is 318 g/mol. The Morgan fingerprint density at radius 2 is 1.76 bits per heavy atom. The van der Waals surface area contributed by atoms with Crippen LogP contribution in [0.5, 0.6) is 0 Å². The Hall–Kier alpha value is -1.05. The third kappa shape index (κ3) is 4.46. The molecule has 1 fully saturated rings. The lowest BCUT2D eigenvalue weighted by atomic mass is 10.0. The largest absolute Gasteiger partial charge is 0.314 e. The Balaban J connectivity index is 2.23. The number of alkyl halides is 2. The second kappa shape index (κ2) is 6.81. The molecule has 1 heterocycles. The standard InChI is InChI=1S/C14H20F2N2O2S/c1-21(19,20)12-4-2-11(3-5-12)13(10-14(15)16)18-8-6-17-7-9-18/h2-5,13-14,17H,6-10H2,1H3/t13-/m0/s1. The fraction of sp³-hybridized carbons (Fsp3) is 0.571. The summed E-state index contributed by atoms with van der Waals surface area (Å²) in [5, 5.41) is 3.19. The predicted molar refractivity (Wildman–Crippen MR) is 77.4 cm³/mol. The Bertz CT molecular complexity index is 555. The van der Waals surface area contributed by atoms with Crippen LogP contribution in [-0.4, -0.2) is 52.2 Å². The second-order valence-electron chi connectivity index (χ2n) is 5.27. The van der Waals surface area contributed by atoms with Gasteiger partial charge in [-0.25, -0.2) is 17.2 Å². The molecule has 0 unspecified atom stereocenters. The predicted octanol–water partition coefficient (Wildman–Crippen LogP) is 1.69. The fourth-order valence-corrected chi connectivity index (χ4v) is 3.23. The summed E-state index contributed by atoms with van der Waals surface area (Å²) in [6.07, 6.45) is -1.49. The van der Waals surface area contributed by atoms with E-state index in [-0.39, 0.29) is 17.4 Å². The van der Waals surface area contributed by atoms with Gasteiger partial charge in [0.1, 0.15) is 0 Å². The van der Waals surface area contributed by atoms with Crippen molar-refractivity contribution in [2.24, 2.45) is 0 Å². The summed E-state index contributed by atoms with van der Waals surface area (Å²) < 4.78 is 48.6. The van der Waals surface area contributed by atoms with Crippen molar-refractivity contribution in [1.82, 2.24) is 10.2 Å². The van der Waals surface area contributed by atoms with Crippen LogP contribution in [0.4, 0.5) is 8.78 Å². The highest BCUT2D eigenvalue weighted by Crippen LogP contribution is 2.28. The lowest BCUT2D eigenvalue weighted by Gasteiger charge is -2.35. The first kappa shape index (κ1) is 16.3. The van der Waals surface area contributed by atoms with Gasteiger partial charge in [-0.3, -0.25) is 4.90 Å². The summed E-state index contributed by atoms with van der Waals surface area (Å²) in [5.41, 5.74) is 0.740. The molecule has 1 atom stereocenters. The van der Waals surface area contributed by atoms with Gasteiger partial charge in [-0.15, -0.1) is 0 Å². The van der Waals surface area contributed by atoms with Crippen LogP contribution in [-0.2, 0) is 9.84 Å². The summed E-state index contributed by atoms with van der Waals surface area (Å²) in [4.78, 5) is 2.24. The highest BCUT2D eigenvalue weighted by Gasteiger charge is 2.25. The third-order valence-corrected chi connectivity index (χ3v) is 4.82. The van der Waals surface area contributed by atoms with Crippen LogP contribution >= 0.6 is 0 Å². The van der Waals surface area contributed by atoms with Gasteiger partial charge in [-0.2, -0.15) is 0 Å². The molecule has 0 spiro atoms. The molecule has 4 nitrogen and oxygen atoms in total. The molecule has 21 heavy (non-hydrogen) atoms. The van der Waals surface area contributed by atoms with Gasteiger partial charge in [0.25, 0.3) is 0 Å². The normalized spacial score (nSPS) is 18.9. The van der Waals surface area contributed by atoms with Crippen molar-refractivity contribution in [1.29, 1.82) is 0 Å². The molecular formula is C14H20F2N2O2S. The van der Waals surface area contributed by atoms with E-state index in [1.165, 1.54) is 12.1 Å². The van der Waals surface area contributed by atoms with Gasteiger partial charge in [0, 0.05) is 44.9 Å². The first-order valence-electron chi connectivity index (χ1n) is 6.91. The molecule has 7 heteroatoms. The van der Waals surface area contributed by atoms with E-state index in [1.807, 2.05) is 4.90 Å². The van der Waals surface area contributed by atoms with Gasteiger partial charge >= 0.3 is 0 Å². The van der Waals surface area contributed by atoms with Crippen molar-refractivity contribution in [3.05, 3.63) is 29.8 Å². The topological polar surface area (TPSA) is 49.4 Å². The zero-order chi connectivity index (χ0) is 15.5. The van der Waals surface area contributed by atoms with Crippen molar-refractivity contribution < 1.29 is 17.2 Å². The minimum Gasteiger partial charge on any atom is -0.314 e. The van der Waals surface area contributed by atoms with E-state index in [0.29, 0.717) is 13.1 Å². The minimum absolute atomic E-state index is 0.211. The minimum atomic E-state index is -3.26. The number of nitrogens with one attached hydrogen (secondary N) is 1. The van der Waals surface area contributed by atoms with Crippen molar-refractivity contribution in [2.45, 2.75) is 23.8 Å². The SMILES string of the molecule is CS(=O)(=O)c1ccc([C@H](CC(F)F)N2CCNCC2)cc1. The number of hydrogen-bond acceptors (Lipinski definition) is 4. The Morgan fingerprint density at radius 3 is 2.24 bits per heavy atom. The number of sulfone groups is 1. The van der Waals surface area contributed by atoms with Crippen LogP contribution in [0.15, 0.2) is 29.2 Å². The van der Waals surface area contributed by atoms with Gasteiger partial charge in [0.05, 0.1) is 4.90 Å². The number of nitrogens with zero attached hydrogens (tertiary/aromatic N) is 1. The van der Waals surface area contributed by atoms with Gasteiger partial charge in [0.15, 0.2) is 9.84 Å². The van der Waals surface area contributed by atoms with Crippen LogP contribution in [0.1, 0.15) is 18.0 Å². The molecule has 2 rings (SSSR count). The molecule has 1 aromatic rings. The maximum absolute atomic E-state index is 12.9. The quantitative estimate of drug-likeness (QED) is 0.898. The summed E-state index contributed by atoms with van der Waals surface area (Å²) in [5.74, 6) is 0. The number of rotatable bonds is 5. The Kier molecular flexibility index (Phi) is 5.29. The molecule has 1 saturated heterocycles. The molecule has 118 valence electrons. The van der Waals surface area contributed by atoms with Crippen LogP contribution in [0.2, 0.25) is 0 Å². The van der Waals surface area contributed by atoms with Crippen LogP contribution in [0, 0.1) is 0 Å². The smallest absolute Gasteiger partial charge is 0.240 e. The van der Waals surface area contributed by atoms with E-state index in [9.17, 15) is 17.2 Å². The molecule has 1 aliphatic heterocycles. The number of benzene rings is 1. The van der Waals surface area contributed by atoms with Gasteiger partial charge < -0.3 is 5.32 Å². The zero-order valence-corrected chi connectivity index (χ0v) is 12.7. The maximum atomic E-state index is 12.9. The lowest BCUT2D eigenvalue weighted by Crippen LogP contribution is -2.45. The van der Waals surface area contributed by atoms with Gasteiger partial charge in [0.2, 0.25) is 6.43 Å². The van der Waals surface area contributed by atoms with E-state index < -0.39 is 16.3 Å². The lowest BCUT2D eigenvalue weighted by molar-refractivity contribution is 0.0739. The Morgan fingerprint density at radius 1 is 1.19 bits per heavy atom. The summed E-state index contributed by atoms with van der Waals surface area (Å²) in [6.45, 7) is 2.98. The molecule has 1 aromatic carbocycles.